The van der Waals surface area contributed by atoms with Crippen LogP contribution in [0.1, 0.15) is 62.8 Å². The molecule has 2 aromatic heterocycles. The third kappa shape index (κ3) is 4.55. The van der Waals surface area contributed by atoms with Crippen LogP contribution in [0.15, 0.2) is 24.3 Å². The fraction of sp³-hybridized carbons (Fsp3) is 0.476. The monoisotopic (exact) mass is 423 g/mol. The topological polar surface area (TPSA) is 55.1 Å². The first kappa shape index (κ1) is 22.0. The Hall–Kier alpha value is -2.71. The van der Waals surface area contributed by atoms with E-state index in [9.17, 15) is 17.6 Å². The highest BCUT2D eigenvalue weighted by atomic mass is 19.4. The minimum Gasteiger partial charge on any atom is -0.363 e. The number of hydrogen-bond donors (Lipinski definition) is 1. The highest BCUT2D eigenvalue weighted by molar-refractivity contribution is 5.48. The maximum atomic E-state index is 14.3. The number of nitrogens with one attached hydrogen (secondary N) is 1. The summed E-state index contributed by atoms with van der Waals surface area (Å²) in [5.41, 5.74) is -0.597. The Bertz CT molecular complexity index is 1050. The van der Waals surface area contributed by atoms with Gasteiger partial charge in [-0.3, -0.25) is 0 Å². The van der Waals surface area contributed by atoms with E-state index < -0.39 is 29.0 Å². The third-order valence-corrected chi connectivity index (χ3v) is 4.75. The number of benzene rings is 1. The van der Waals surface area contributed by atoms with E-state index in [1.165, 1.54) is 6.07 Å². The van der Waals surface area contributed by atoms with Crippen molar-refractivity contribution in [2.75, 3.05) is 5.32 Å². The van der Waals surface area contributed by atoms with Crippen LogP contribution in [0, 0.1) is 18.2 Å². The molecule has 1 aromatic carbocycles. The highest BCUT2D eigenvalue weighted by Gasteiger charge is 2.35. The minimum atomic E-state index is -4.74. The molecule has 3 rings (SSSR count). The molecule has 3 aromatic rings. The lowest BCUT2D eigenvalue weighted by molar-refractivity contribution is -0.140. The van der Waals surface area contributed by atoms with Crippen LogP contribution < -0.4 is 5.32 Å². The summed E-state index contributed by atoms with van der Waals surface area (Å²) in [5.74, 6) is 0.393. The maximum absolute atomic E-state index is 14.3. The summed E-state index contributed by atoms with van der Waals surface area (Å²) in [6.07, 6.45) is -3.15. The van der Waals surface area contributed by atoms with Crippen LogP contribution in [0.4, 0.5) is 23.4 Å². The number of aryl methyl sites for hydroxylation is 2. The molecule has 0 saturated carbocycles. The van der Waals surface area contributed by atoms with Gasteiger partial charge in [-0.2, -0.15) is 22.7 Å². The van der Waals surface area contributed by atoms with Gasteiger partial charge in [-0.05, 0) is 36.5 Å². The molecular formula is C21H25F4N5. The van der Waals surface area contributed by atoms with Crippen LogP contribution >= 0.6 is 0 Å². The van der Waals surface area contributed by atoms with E-state index in [-0.39, 0.29) is 0 Å². The molecule has 1 atom stereocenters. The van der Waals surface area contributed by atoms with E-state index in [1.807, 2.05) is 34.6 Å². The molecule has 1 unspecified atom stereocenters. The molecule has 0 bridgehead atoms. The van der Waals surface area contributed by atoms with Crippen molar-refractivity contribution in [2.24, 2.45) is 5.41 Å². The number of fused-ring (bicyclic) bond motifs is 1. The molecule has 0 spiro atoms. The van der Waals surface area contributed by atoms with Gasteiger partial charge in [0.25, 0.3) is 5.78 Å². The summed E-state index contributed by atoms with van der Waals surface area (Å²) >= 11 is 0. The summed E-state index contributed by atoms with van der Waals surface area (Å²) in [7, 11) is 0. The molecule has 0 aliphatic carbocycles. The number of alkyl halides is 3. The first-order chi connectivity index (χ1) is 13.9. The Kier molecular flexibility index (Phi) is 5.75. The molecule has 1 N–H and O–H groups in total. The first-order valence-electron chi connectivity index (χ1n) is 9.76. The van der Waals surface area contributed by atoms with Crippen molar-refractivity contribution in [1.82, 2.24) is 19.6 Å². The van der Waals surface area contributed by atoms with Gasteiger partial charge in [-0.25, -0.2) is 9.37 Å². The van der Waals surface area contributed by atoms with E-state index in [0.29, 0.717) is 35.1 Å². The van der Waals surface area contributed by atoms with E-state index in [1.54, 1.807) is 10.6 Å². The Morgan fingerprint density at radius 1 is 1.10 bits per heavy atom. The van der Waals surface area contributed by atoms with Crippen molar-refractivity contribution in [3.8, 4) is 0 Å². The molecule has 0 radical (unpaired) electrons. The maximum Gasteiger partial charge on any atom is 0.419 e. The number of aromatic nitrogens is 4. The van der Waals surface area contributed by atoms with Gasteiger partial charge in [0.2, 0.25) is 0 Å². The van der Waals surface area contributed by atoms with Gasteiger partial charge >= 0.3 is 6.18 Å². The Labute approximate surface area is 172 Å². The van der Waals surface area contributed by atoms with Crippen molar-refractivity contribution in [3.05, 3.63) is 52.7 Å². The fourth-order valence-corrected chi connectivity index (χ4v) is 3.35. The number of anilines is 1. The van der Waals surface area contributed by atoms with Gasteiger partial charge in [0, 0.05) is 18.2 Å². The zero-order valence-corrected chi connectivity index (χ0v) is 17.6. The SMILES string of the molecule is CCCc1nc2nc(C)cc(NC(c3ccc(C(F)(F)F)c(F)c3)C(C)(C)C)n2n1. The second-order valence-electron chi connectivity index (χ2n) is 8.45. The molecular weight excluding hydrogens is 398 g/mol. The third-order valence-electron chi connectivity index (χ3n) is 4.75. The van der Waals surface area contributed by atoms with E-state index in [2.05, 4.69) is 20.4 Å². The lowest BCUT2D eigenvalue weighted by Gasteiger charge is -2.33. The molecule has 162 valence electrons. The van der Waals surface area contributed by atoms with Crippen molar-refractivity contribution in [3.63, 3.8) is 0 Å². The highest BCUT2D eigenvalue weighted by Crippen LogP contribution is 2.38. The summed E-state index contributed by atoms with van der Waals surface area (Å²) < 4.78 is 54.7. The lowest BCUT2D eigenvalue weighted by Crippen LogP contribution is -2.27. The van der Waals surface area contributed by atoms with E-state index in [0.717, 1.165) is 18.6 Å². The molecule has 2 heterocycles. The smallest absolute Gasteiger partial charge is 0.363 e. The zero-order chi connectivity index (χ0) is 22.3. The lowest BCUT2D eigenvalue weighted by atomic mass is 9.82. The number of nitrogens with zero attached hydrogens (tertiary/aromatic N) is 4. The van der Waals surface area contributed by atoms with Gasteiger partial charge in [0.15, 0.2) is 5.82 Å². The minimum absolute atomic E-state index is 0.407. The largest absolute Gasteiger partial charge is 0.419 e. The Morgan fingerprint density at radius 2 is 1.80 bits per heavy atom. The van der Waals surface area contributed by atoms with Crippen LogP contribution in [0.25, 0.3) is 5.78 Å². The quantitative estimate of drug-likeness (QED) is 0.532. The number of rotatable bonds is 5. The molecule has 5 nitrogen and oxygen atoms in total. The van der Waals surface area contributed by atoms with E-state index >= 15 is 0 Å². The van der Waals surface area contributed by atoms with Gasteiger partial charge in [-0.15, -0.1) is 5.10 Å². The fourth-order valence-electron chi connectivity index (χ4n) is 3.35. The molecule has 0 amide bonds. The van der Waals surface area contributed by atoms with Gasteiger partial charge in [0.05, 0.1) is 11.6 Å². The van der Waals surface area contributed by atoms with Crippen LogP contribution in [0.2, 0.25) is 0 Å². The molecule has 0 aliphatic heterocycles. The molecule has 9 heteroatoms. The van der Waals surface area contributed by atoms with Gasteiger partial charge < -0.3 is 5.32 Å². The first-order valence-corrected chi connectivity index (χ1v) is 9.76. The Morgan fingerprint density at radius 3 is 2.37 bits per heavy atom. The average Bonchev–Trinajstić information content (AvgIpc) is 2.99. The normalized spacial score (nSPS) is 13.6. The molecule has 0 fully saturated rings. The van der Waals surface area contributed by atoms with Crippen LogP contribution in [0.5, 0.6) is 0 Å². The van der Waals surface area contributed by atoms with Crippen molar-refractivity contribution in [1.29, 1.82) is 0 Å². The second kappa shape index (κ2) is 7.85. The summed E-state index contributed by atoms with van der Waals surface area (Å²) in [6, 6.07) is 4.34. The molecule has 0 saturated heterocycles. The molecule has 0 aliphatic rings. The summed E-state index contributed by atoms with van der Waals surface area (Å²) in [5, 5.41) is 7.83. The number of halogens is 4. The number of hydrogen-bond acceptors (Lipinski definition) is 4. The van der Waals surface area contributed by atoms with Crippen molar-refractivity contribution in [2.45, 2.75) is 59.7 Å². The van der Waals surface area contributed by atoms with Crippen molar-refractivity contribution >= 4 is 11.6 Å². The second-order valence-corrected chi connectivity index (χ2v) is 8.45. The van der Waals surface area contributed by atoms with Gasteiger partial charge in [-0.1, -0.05) is 33.8 Å². The van der Waals surface area contributed by atoms with Crippen LogP contribution in [-0.4, -0.2) is 19.6 Å². The predicted molar refractivity (Wildman–Crippen MR) is 107 cm³/mol. The van der Waals surface area contributed by atoms with Crippen LogP contribution in [-0.2, 0) is 12.6 Å². The Balaban J connectivity index is 2.06. The predicted octanol–water partition coefficient (Wildman–Crippen LogP) is 5.74. The average molecular weight is 423 g/mol. The van der Waals surface area contributed by atoms with E-state index in [4.69, 9.17) is 0 Å². The molecule has 30 heavy (non-hydrogen) atoms. The zero-order valence-electron chi connectivity index (χ0n) is 17.6. The summed E-state index contributed by atoms with van der Waals surface area (Å²) in [4.78, 5) is 8.83. The van der Waals surface area contributed by atoms with Crippen molar-refractivity contribution < 1.29 is 17.6 Å². The van der Waals surface area contributed by atoms with Crippen LogP contribution in [0.3, 0.4) is 0 Å². The van der Waals surface area contributed by atoms with Gasteiger partial charge in [0.1, 0.15) is 11.6 Å². The standard InChI is InChI=1S/C21H25F4N5/c1-6-7-16-27-19-26-12(2)10-17(30(19)29-16)28-18(20(3,4)5)13-8-9-14(15(22)11-13)21(23,24)25/h8-11,18,28H,6-7H2,1-5H3. The summed E-state index contributed by atoms with van der Waals surface area (Å²) in [6.45, 7) is 9.63.